The van der Waals surface area contributed by atoms with E-state index >= 15 is 0 Å². The maximum atomic E-state index is 9.19. The highest BCUT2D eigenvalue weighted by Gasteiger charge is 2.15. The Morgan fingerprint density at radius 3 is 2.53 bits per heavy atom. The number of rotatable bonds is 5. The molecule has 0 amide bonds. The van der Waals surface area contributed by atoms with E-state index in [0.29, 0.717) is 32.9 Å². The number of hydrogen-bond acceptors (Lipinski definition) is 4. The summed E-state index contributed by atoms with van der Waals surface area (Å²) in [7, 11) is 1.55. The molecule has 1 heterocycles. The van der Waals surface area contributed by atoms with Crippen LogP contribution in [0, 0.1) is 0 Å². The standard InChI is InChI=1S/C12H12Cl2N2O3/c1-18-6-10-11(5-17)15-16-12(10)19-9-3-7(13)2-8(14)4-9/h2-4,17H,5-6H2,1H3,(H,15,16). The molecule has 0 aliphatic rings. The van der Waals surface area contributed by atoms with Gasteiger partial charge in [-0.3, -0.25) is 5.10 Å². The van der Waals surface area contributed by atoms with E-state index in [1.54, 1.807) is 25.3 Å². The van der Waals surface area contributed by atoms with Crippen molar-refractivity contribution in [2.45, 2.75) is 13.2 Å². The Balaban J connectivity index is 2.29. The number of ether oxygens (including phenoxy) is 2. The molecule has 0 radical (unpaired) electrons. The highest BCUT2D eigenvalue weighted by atomic mass is 35.5. The molecular formula is C12H12Cl2N2O3. The highest BCUT2D eigenvalue weighted by Crippen LogP contribution is 2.30. The third kappa shape index (κ3) is 3.39. The van der Waals surface area contributed by atoms with Crippen molar-refractivity contribution < 1.29 is 14.6 Å². The summed E-state index contributed by atoms with van der Waals surface area (Å²) in [5, 5.41) is 16.8. The molecule has 0 saturated heterocycles. The van der Waals surface area contributed by atoms with E-state index < -0.39 is 0 Å². The van der Waals surface area contributed by atoms with Gasteiger partial charge in [-0.05, 0) is 18.2 Å². The number of aliphatic hydroxyl groups excluding tert-OH is 1. The number of aromatic nitrogens is 2. The quantitative estimate of drug-likeness (QED) is 0.890. The van der Waals surface area contributed by atoms with Crippen LogP contribution in [0.15, 0.2) is 18.2 Å². The molecule has 0 saturated carbocycles. The maximum Gasteiger partial charge on any atom is 0.243 e. The average molecular weight is 303 g/mol. The zero-order valence-corrected chi connectivity index (χ0v) is 11.6. The van der Waals surface area contributed by atoms with Crippen molar-refractivity contribution in [2.24, 2.45) is 0 Å². The number of nitrogens with zero attached hydrogens (tertiary/aromatic N) is 1. The Hall–Kier alpha value is -1.27. The van der Waals surface area contributed by atoms with Crippen LogP contribution in [0.25, 0.3) is 0 Å². The van der Waals surface area contributed by atoms with E-state index in [0.717, 1.165) is 0 Å². The van der Waals surface area contributed by atoms with Gasteiger partial charge in [0, 0.05) is 17.2 Å². The Morgan fingerprint density at radius 2 is 1.95 bits per heavy atom. The Kier molecular flexibility index (Phi) is 4.66. The number of methoxy groups -OCH3 is 1. The van der Waals surface area contributed by atoms with Crippen LogP contribution in [-0.2, 0) is 18.0 Å². The van der Waals surface area contributed by atoms with Crippen LogP contribution in [0.3, 0.4) is 0 Å². The van der Waals surface area contributed by atoms with Crippen LogP contribution in [0.2, 0.25) is 10.0 Å². The molecule has 2 N–H and O–H groups in total. The molecule has 1 aromatic carbocycles. The summed E-state index contributed by atoms with van der Waals surface area (Å²) < 4.78 is 10.7. The van der Waals surface area contributed by atoms with Crippen molar-refractivity contribution >= 4 is 23.2 Å². The normalized spacial score (nSPS) is 10.7. The number of aromatic amines is 1. The zero-order valence-electron chi connectivity index (χ0n) is 10.1. The minimum absolute atomic E-state index is 0.175. The number of benzene rings is 1. The summed E-state index contributed by atoms with van der Waals surface area (Å²) in [5.41, 5.74) is 1.20. The Labute approximate surface area is 120 Å². The van der Waals surface area contributed by atoms with Gasteiger partial charge in [-0.15, -0.1) is 5.10 Å². The molecular weight excluding hydrogens is 291 g/mol. The van der Waals surface area contributed by atoms with E-state index in [-0.39, 0.29) is 13.2 Å². The minimum Gasteiger partial charge on any atom is -0.437 e. The third-order valence-electron chi connectivity index (χ3n) is 2.41. The van der Waals surface area contributed by atoms with Gasteiger partial charge in [0.15, 0.2) is 0 Å². The van der Waals surface area contributed by atoms with Crippen LogP contribution >= 0.6 is 23.2 Å². The number of nitrogens with one attached hydrogen (secondary N) is 1. The van der Waals surface area contributed by atoms with E-state index in [4.69, 9.17) is 32.7 Å². The first-order valence-electron chi connectivity index (χ1n) is 5.44. The molecule has 0 fully saturated rings. The molecule has 0 spiro atoms. The Bertz CT molecular complexity index is 552. The summed E-state index contributed by atoms with van der Waals surface area (Å²) in [4.78, 5) is 0. The number of hydrogen-bond donors (Lipinski definition) is 2. The fourth-order valence-electron chi connectivity index (χ4n) is 1.59. The molecule has 7 heteroatoms. The number of halogens is 2. The monoisotopic (exact) mass is 302 g/mol. The molecule has 2 aromatic rings. The third-order valence-corrected chi connectivity index (χ3v) is 2.85. The second-order valence-electron chi connectivity index (χ2n) is 3.78. The van der Waals surface area contributed by atoms with E-state index in [2.05, 4.69) is 10.2 Å². The largest absolute Gasteiger partial charge is 0.437 e. The lowest BCUT2D eigenvalue weighted by atomic mass is 10.2. The molecule has 0 unspecified atom stereocenters. The summed E-state index contributed by atoms with van der Waals surface area (Å²) in [5.74, 6) is 0.787. The molecule has 5 nitrogen and oxygen atoms in total. The van der Waals surface area contributed by atoms with Gasteiger partial charge >= 0.3 is 0 Å². The molecule has 102 valence electrons. The smallest absolute Gasteiger partial charge is 0.243 e. The SMILES string of the molecule is COCc1c(Oc2cc(Cl)cc(Cl)c2)n[nH]c1CO. The Morgan fingerprint density at radius 1 is 1.26 bits per heavy atom. The minimum atomic E-state index is -0.175. The predicted molar refractivity (Wildman–Crippen MR) is 71.8 cm³/mol. The second-order valence-corrected chi connectivity index (χ2v) is 4.66. The van der Waals surface area contributed by atoms with Crippen LogP contribution in [-0.4, -0.2) is 22.4 Å². The van der Waals surface area contributed by atoms with Gasteiger partial charge in [0.05, 0.1) is 24.5 Å². The predicted octanol–water partition coefficient (Wildman–Crippen LogP) is 3.15. The highest BCUT2D eigenvalue weighted by molar-refractivity contribution is 6.34. The summed E-state index contributed by atoms with van der Waals surface area (Å²) in [6.45, 7) is 0.0986. The fraction of sp³-hybridized carbons (Fsp3) is 0.250. The van der Waals surface area contributed by atoms with E-state index in [1.807, 2.05) is 0 Å². The lowest BCUT2D eigenvalue weighted by molar-refractivity contribution is 0.179. The molecule has 0 aliphatic carbocycles. The molecule has 1 aromatic heterocycles. The van der Waals surface area contributed by atoms with Crippen molar-refractivity contribution in [1.29, 1.82) is 0 Å². The van der Waals surface area contributed by atoms with E-state index in [1.165, 1.54) is 0 Å². The van der Waals surface area contributed by atoms with Gasteiger partial charge < -0.3 is 14.6 Å². The molecule has 2 rings (SSSR count). The van der Waals surface area contributed by atoms with Gasteiger partial charge in [0.25, 0.3) is 0 Å². The molecule has 0 aliphatic heterocycles. The average Bonchev–Trinajstić information content (AvgIpc) is 2.71. The van der Waals surface area contributed by atoms with Crippen molar-refractivity contribution in [3.05, 3.63) is 39.5 Å². The van der Waals surface area contributed by atoms with E-state index in [9.17, 15) is 5.11 Å². The topological polar surface area (TPSA) is 67.4 Å². The first-order valence-corrected chi connectivity index (χ1v) is 6.19. The van der Waals surface area contributed by atoms with Gasteiger partial charge in [-0.2, -0.15) is 0 Å². The van der Waals surface area contributed by atoms with Crippen LogP contribution in [0.1, 0.15) is 11.3 Å². The first-order chi connectivity index (χ1) is 9.13. The van der Waals surface area contributed by atoms with Crippen molar-refractivity contribution in [1.82, 2.24) is 10.2 Å². The van der Waals surface area contributed by atoms with Crippen molar-refractivity contribution in [3.63, 3.8) is 0 Å². The number of aliphatic hydroxyl groups is 1. The molecule has 19 heavy (non-hydrogen) atoms. The summed E-state index contributed by atoms with van der Waals surface area (Å²) in [6, 6.07) is 4.85. The van der Waals surface area contributed by atoms with Gasteiger partial charge in [0.1, 0.15) is 5.75 Å². The molecule has 0 bridgehead atoms. The lowest BCUT2D eigenvalue weighted by Crippen LogP contribution is -1.95. The summed E-state index contributed by atoms with van der Waals surface area (Å²) >= 11 is 11.8. The van der Waals surface area contributed by atoms with Crippen LogP contribution < -0.4 is 4.74 Å². The summed E-state index contributed by atoms with van der Waals surface area (Å²) in [6.07, 6.45) is 0. The fourth-order valence-corrected chi connectivity index (χ4v) is 2.10. The second kappa shape index (κ2) is 6.25. The lowest BCUT2D eigenvalue weighted by Gasteiger charge is -2.06. The zero-order chi connectivity index (χ0) is 13.8. The van der Waals surface area contributed by atoms with Crippen molar-refractivity contribution in [2.75, 3.05) is 7.11 Å². The maximum absolute atomic E-state index is 9.19. The molecule has 0 atom stereocenters. The van der Waals surface area contributed by atoms with Gasteiger partial charge in [0.2, 0.25) is 5.88 Å². The van der Waals surface area contributed by atoms with Gasteiger partial charge in [-0.25, -0.2) is 0 Å². The van der Waals surface area contributed by atoms with Gasteiger partial charge in [-0.1, -0.05) is 23.2 Å². The van der Waals surface area contributed by atoms with Crippen molar-refractivity contribution in [3.8, 4) is 11.6 Å². The number of H-pyrrole nitrogens is 1. The first kappa shape index (κ1) is 14.1. The van der Waals surface area contributed by atoms with Crippen LogP contribution in [0.5, 0.6) is 11.6 Å². The van der Waals surface area contributed by atoms with Crippen LogP contribution in [0.4, 0.5) is 0 Å².